The molecule has 0 radical (unpaired) electrons. The summed E-state index contributed by atoms with van der Waals surface area (Å²) >= 11 is 6.27. The number of aryl methyl sites for hydroxylation is 4. The van der Waals surface area contributed by atoms with Crippen LogP contribution in [0.3, 0.4) is 0 Å². The number of ether oxygens (including phenoxy) is 7. The number of hydrogen-bond donors (Lipinski definition) is 12. The number of pyridine rings is 4. The molecule has 8 aliphatic rings. The second-order valence-corrected chi connectivity index (χ2v) is 33.6. The van der Waals surface area contributed by atoms with E-state index in [9.17, 15) is 49.6 Å². The van der Waals surface area contributed by atoms with E-state index in [1.54, 1.807) is 49.4 Å². The summed E-state index contributed by atoms with van der Waals surface area (Å²) in [5.41, 5.74) is 14.6. The number of methoxy groups -OCH3 is 1. The van der Waals surface area contributed by atoms with Crippen LogP contribution in [0, 0.1) is 39.3 Å². The lowest BCUT2D eigenvalue weighted by atomic mass is 9.95. The highest BCUT2D eigenvalue weighted by molar-refractivity contribution is 6.31. The van der Waals surface area contributed by atoms with Crippen molar-refractivity contribution in [2.45, 2.75) is 190 Å². The summed E-state index contributed by atoms with van der Waals surface area (Å²) < 4.78 is 83.0. The summed E-state index contributed by atoms with van der Waals surface area (Å²) in [7, 11) is 1.42. The summed E-state index contributed by atoms with van der Waals surface area (Å²) in [5.74, 6) is 2.50. The van der Waals surface area contributed by atoms with Crippen LogP contribution in [0.25, 0.3) is 55.3 Å². The number of rotatable bonds is 14. The molecule has 650 valence electrons. The van der Waals surface area contributed by atoms with Gasteiger partial charge in [0.2, 0.25) is 0 Å². The lowest BCUT2D eigenvalue weighted by molar-refractivity contribution is -0.0167. The number of aromatic nitrogens is 9. The van der Waals surface area contributed by atoms with Crippen molar-refractivity contribution >= 4 is 55.7 Å². The van der Waals surface area contributed by atoms with Crippen LogP contribution < -0.4 is 54.4 Å². The van der Waals surface area contributed by atoms with Gasteiger partial charge in [0.25, 0.3) is 0 Å². The summed E-state index contributed by atoms with van der Waals surface area (Å²) in [5, 5.41) is 108. The van der Waals surface area contributed by atoms with Crippen LogP contribution in [-0.4, -0.2) is 204 Å². The Labute approximate surface area is 717 Å². The molecule has 4 saturated carbocycles. The molecule has 4 aliphatic heterocycles. The summed E-state index contributed by atoms with van der Waals surface area (Å²) in [6, 6.07) is 26.1. The molecule has 4 aliphatic carbocycles. The van der Waals surface area contributed by atoms with Crippen LogP contribution in [0.5, 0.6) is 40.2 Å². The number of halogens is 3. The molecule has 4 fully saturated rings. The van der Waals surface area contributed by atoms with Gasteiger partial charge in [0.15, 0.2) is 11.6 Å². The first-order valence-corrected chi connectivity index (χ1v) is 42.5. The number of nitrogens with one attached hydrogen (secondary N) is 4. The van der Waals surface area contributed by atoms with E-state index in [1.807, 2.05) is 125 Å². The molecule has 0 spiro atoms. The fraction of sp³-hybridized carbons (Fsp3) is 0.402. The monoisotopic (exact) mass is 1720 g/mol. The standard InChI is InChI=1S/C25H26N4O4.C23H26FN3O4.C22H24ClN3O4.C22H24FN3O4/c1-14-2-6-27-25-18(14)4-7-29(25)20-10-22(24(31)23(20)30)33-21-9-16(17-11-28-32-13-17)8-15-3-5-26-12-19(15)21;1-12-3-7-26-23-13(12)5-8-27(23)16-9-19(22(29)21(16)28)31-17-10-18(30-2)20(24)14-4-6-25-11-15(14)17;2*1-12-2-4-25-22-14(12)3-6-26(22)16-10-19(21(28)20(16)27)30-18-9-13(23)8-17-15(18)11-24-5-7-29-17/h2,4,6-9,11,13,20,22-24,26,30-31H,3,5,10,12H2,1H3;3,5,7-8,10,16,19,21-22,25,28-29H,4,6,9,11H2,1-2H3;2*2-4,6,8-9,16,19-21,24,27-28H,5,7,10-11H2,1H3. The van der Waals surface area contributed by atoms with Gasteiger partial charge < -0.3 is 118 Å². The molecule has 9 aromatic heterocycles. The fourth-order valence-corrected chi connectivity index (χ4v) is 19.0. The first-order chi connectivity index (χ1) is 60.1. The minimum absolute atomic E-state index is 0.122. The molecule has 124 heavy (non-hydrogen) atoms. The topological polar surface area (TPSA) is 372 Å². The second-order valence-electron chi connectivity index (χ2n) is 33.2. The Kier molecular flexibility index (Phi) is 24.1. The van der Waals surface area contributed by atoms with Crippen molar-refractivity contribution in [3.8, 4) is 51.4 Å². The third-order valence-corrected chi connectivity index (χ3v) is 25.9. The number of hydrogen-bond acceptors (Lipinski definition) is 25. The fourth-order valence-electron chi connectivity index (χ4n) is 18.8. The number of fused-ring (bicyclic) bond motifs is 8. The van der Waals surface area contributed by atoms with Crippen LogP contribution in [0.15, 0.2) is 158 Å². The van der Waals surface area contributed by atoms with Crippen molar-refractivity contribution in [1.82, 2.24) is 64.6 Å². The maximum Gasteiger partial charge on any atom is 0.168 e. The van der Waals surface area contributed by atoms with E-state index >= 15 is 0 Å². The predicted molar refractivity (Wildman–Crippen MR) is 456 cm³/mol. The molecule has 0 amide bonds. The van der Waals surface area contributed by atoms with E-state index in [-0.39, 0.29) is 29.7 Å². The van der Waals surface area contributed by atoms with E-state index in [1.165, 1.54) is 30.9 Å². The number of aliphatic hydroxyl groups is 8. The third kappa shape index (κ3) is 16.2. The molecule has 0 bridgehead atoms. The van der Waals surface area contributed by atoms with Crippen LogP contribution >= 0.6 is 11.6 Å². The Balaban J connectivity index is 0.000000113. The van der Waals surface area contributed by atoms with Gasteiger partial charge >= 0.3 is 0 Å². The first-order valence-electron chi connectivity index (χ1n) is 42.1. The van der Waals surface area contributed by atoms with Crippen molar-refractivity contribution in [2.24, 2.45) is 0 Å². The van der Waals surface area contributed by atoms with E-state index in [4.69, 9.17) is 49.3 Å². The van der Waals surface area contributed by atoms with Gasteiger partial charge in [-0.15, -0.1) is 0 Å². The zero-order valence-corrected chi connectivity index (χ0v) is 69.7. The molecule has 16 unspecified atom stereocenters. The lowest BCUT2D eigenvalue weighted by Gasteiger charge is -2.25. The van der Waals surface area contributed by atoms with Crippen molar-refractivity contribution < 1.29 is 87.3 Å². The number of nitrogens with zero attached hydrogens (tertiary/aromatic N) is 9. The highest BCUT2D eigenvalue weighted by atomic mass is 35.5. The first kappa shape index (κ1) is 84.0. The van der Waals surface area contributed by atoms with Gasteiger partial charge in [-0.1, -0.05) is 22.8 Å². The normalized spacial score (nSPS) is 25.7. The molecule has 0 saturated heterocycles. The smallest absolute Gasteiger partial charge is 0.168 e. The predicted octanol–water partition coefficient (Wildman–Crippen LogP) is 9.69. The summed E-state index contributed by atoms with van der Waals surface area (Å²) in [6.45, 7) is 14.3. The van der Waals surface area contributed by atoms with Gasteiger partial charge in [0.1, 0.15) is 156 Å². The van der Waals surface area contributed by atoms with Gasteiger partial charge in [0.05, 0.1) is 48.6 Å². The maximum atomic E-state index is 14.7. The highest BCUT2D eigenvalue weighted by Gasteiger charge is 2.49. The van der Waals surface area contributed by atoms with Crippen molar-refractivity contribution in [2.75, 3.05) is 46.5 Å². The van der Waals surface area contributed by atoms with Gasteiger partial charge in [0, 0.05) is 182 Å². The highest BCUT2D eigenvalue weighted by Crippen LogP contribution is 2.46. The Morgan fingerprint density at radius 1 is 0.411 bits per heavy atom. The second kappa shape index (κ2) is 35.6. The van der Waals surface area contributed by atoms with Crippen LogP contribution in [0.1, 0.15) is 105 Å². The SMILES string of the molecule is COc1cc(OC2CC(n3ccc4c(C)ccnc43)C(O)C2O)c2c(c1F)CCNC2.Cc1ccnc2c1ccn2C1CC(Oc2cc(-c3cnoc3)cc3c2CNCC3)C(O)C1O.Cc1ccnc2c1ccn2C1CC(Oc2cc(Cl)cc3c2CNCCO3)C(O)C1O.Cc1ccnc2c1ccn2C1CC(Oc2cc(F)cc3c2CNCCO3)C(O)C1O. The molecule has 21 rings (SSSR count). The van der Waals surface area contributed by atoms with Crippen molar-refractivity contribution in [3.05, 3.63) is 225 Å². The van der Waals surface area contributed by atoms with E-state index in [2.05, 4.69) is 52.4 Å². The molecule has 32 heteroatoms. The Morgan fingerprint density at radius 2 is 0.798 bits per heavy atom. The van der Waals surface area contributed by atoms with Crippen LogP contribution in [-0.2, 0) is 39.0 Å². The van der Waals surface area contributed by atoms with E-state index in [0.29, 0.717) is 129 Å². The molecule has 13 heterocycles. The average Bonchev–Trinajstić information content (AvgIpc) is 1.57. The number of aliphatic hydroxyl groups excluding tert-OH is 8. The summed E-state index contributed by atoms with van der Waals surface area (Å²) in [6.07, 6.45) is 10.3. The van der Waals surface area contributed by atoms with Gasteiger partial charge in [-0.05, 0) is 154 Å². The van der Waals surface area contributed by atoms with E-state index in [0.717, 1.165) is 119 Å². The molecule has 12 N–H and O–H groups in total. The molecule has 4 aromatic carbocycles. The van der Waals surface area contributed by atoms with Gasteiger partial charge in [-0.25, -0.2) is 28.7 Å². The van der Waals surface area contributed by atoms with E-state index < -0.39 is 85.1 Å². The van der Waals surface area contributed by atoms with Gasteiger partial charge in [-0.3, -0.25) is 0 Å². The Morgan fingerprint density at radius 3 is 1.23 bits per heavy atom. The Bertz CT molecular complexity index is 5880. The quantitative estimate of drug-likeness (QED) is 0.0482. The Hall–Kier alpha value is -10.9. The summed E-state index contributed by atoms with van der Waals surface area (Å²) in [4.78, 5) is 17.9. The number of benzene rings is 4. The maximum absolute atomic E-state index is 14.7. The minimum atomic E-state index is -1.11. The van der Waals surface area contributed by atoms with Gasteiger partial charge in [-0.2, -0.15) is 0 Å². The largest absolute Gasteiger partial charge is 0.494 e. The van der Waals surface area contributed by atoms with Crippen molar-refractivity contribution in [3.63, 3.8) is 0 Å². The van der Waals surface area contributed by atoms with Crippen LogP contribution in [0.4, 0.5) is 8.78 Å². The molecule has 13 aromatic rings. The molecular formula is C92H100ClF2N13O16. The zero-order valence-electron chi connectivity index (χ0n) is 69.0. The average molecular weight is 1720 g/mol. The molecular weight excluding hydrogens is 1620 g/mol. The van der Waals surface area contributed by atoms with Crippen molar-refractivity contribution in [1.29, 1.82) is 0 Å². The zero-order chi connectivity index (χ0) is 85.9. The minimum Gasteiger partial charge on any atom is -0.494 e. The van der Waals surface area contributed by atoms with Crippen LogP contribution in [0.2, 0.25) is 5.02 Å². The molecule has 29 nitrogen and oxygen atoms in total. The third-order valence-electron chi connectivity index (χ3n) is 25.6. The molecule has 16 atom stereocenters. The lowest BCUT2D eigenvalue weighted by Crippen LogP contribution is -2.35.